The van der Waals surface area contributed by atoms with Gasteiger partial charge >= 0.3 is 0 Å². The molecule has 0 saturated carbocycles. The molecule has 1 aromatic carbocycles. The molecule has 2 heterocycles. The van der Waals surface area contributed by atoms with E-state index in [0.717, 1.165) is 17.4 Å². The number of tetrazole rings is 1. The quantitative estimate of drug-likeness (QED) is 0.658. The van der Waals surface area contributed by atoms with Gasteiger partial charge in [0.25, 0.3) is 0 Å². The molecular weight excluding hydrogens is 256 g/mol. The Morgan fingerprint density at radius 2 is 2.05 bits per heavy atom. The molecule has 0 aliphatic heterocycles. The molecular formula is C13H12N6O. The first-order valence-electron chi connectivity index (χ1n) is 6.06. The van der Waals surface area contributed by atoms with Crippen LogP contribution in [0.3, 0.4) is 0 Å². The summed E-state index contributed by atoms with van der Waals surface area (Å²) < 4.78 is 1.79. The van der Waals surface area contributed by atoms with Gasteiger partial charge in [0.2, 0.25) is 5.82 Å². The molecule has 0 N–H and O–H groups in total. The second kappa shape index (κ2) is 5.04. The van der Waals surface area contributed by atoms with Gasteiger partial charge in [0.05, 0.1) is 7.05 Å². The highest BCUT2D eigenvalue weighted by molar-refractivity contribution is 5.69. The van der Waals surface area contributed by atoms with Crippen LogP contribution >= 0.6 is 0 Å². The van der Waals surface area contributed by atoms with E-state index < -0.39 is 0 Å². The van der Waals surface area contributed by atoms with E-state index >= 15 is 0 Å². The van der Waals surface area contributed by atoms with Gasteiger partial charge in [-0.05, 0) is 10.8 Å². The van der Waals surface area contributed by atoms with Crippen LogP contribution in [0.25, 0.3) is 11.4 Å². The molecule has 0 aliphatic carbocycles. The van der Waals surface area contributed by atoms with Crippen LogP contribution in [0.2, 0.25) is 0 Å². The van der Waals surface area contributed by atoms with Crippen LogP contribution in [0.5, 0.6) is 0 Å². The van der Waals surface area contributed by atoms with Crippen molar-refractivity contribution in [3.63, 3.8) is 0 Å². The third-order valence-electron chi connectivity index (χ3n) is 2.93. The Hall–Kier alpha value is -2.83. The summed E-state index contributed by atoms with van der Waals surface area (Å²) in [5, 5.41) is 11.9. The lowest BCUT2D eigenvalue weighted by Crippen LogP contribution is -2.03. The maximum absolute atomic E-state index is 10.8. The Balaban J connectivity index is 1.81. The van der Waals surface area contributed by atoms with Gasteiger partial charge in [-0.3, -0.25) is 4.79 Å². The number of rotatable bonds is 4. The van der Waals surface area contributed by atoms with Gasteiger partial charge < -0.3 is 4.57 Å². The standard InChI is InChI=1S/C13H12N6O/c1-18-16-13(15-17-18)11-4-2-10(3-5-11)8-19-7-6-14-12(19)9-20/h2-7,9H,8H2,1H3. The van der Waals surface area contributed by atoms with Crippen molar-refractivity contribution in [1.29, 1.82) is 0 Å². The molecule has 3 aromatic rings. The summed E-state index contributed by atoms with van der Waals surface area (Å²) in [5.41, 5.74) is 1.97. The van der Waals surface area contributed by atoms with Crippen molar-refractivity contribution in [2.75, 3.05) is 0 Å². The van der Waals surface area contributed by atoms with Crippen molar-refractivity contribution in [1.82, 2.24) is 29.8 Å². The first-order chi connectivity index (χ1) is 9.76. The molecule has 100 valence electrons. The minimum atomic E-state index is 0.421. The maximum Gasteiger partial charge on any atom is 0.204 e. The minimum Gasteiger partial charge on any atom is -0.324 e. The summed E-state index contributed by atoms with van der Waals surface area (Å²) in [6.45, 7) is 0.599. The smallest absolute Gasteiger partial charge is 0.204 e. The average molecular weight is 268 g/mol. The molecule has 7 heteroatoms. The number of aryl methyl sites for hydroxylation is 1. The largest absolute Gasteiger partial charge is 0.324 e. The molecule has 0 unspecified atom stereocenters. The van der Waals surface area contributed by atoms with E-state index in [1.165, 1.54) is 4.80 Å². The third-order valence-corrected chi connectivity index (χ3v) is 2.93. The van der Waals surface area contributed by atoms with Gasteiger partial charge in [-0.25, -0.2) is 4.98 Å². The molecule has 0 spiro atoms. The van der Waals surface area contributed by atoms with Crippen molar-refractivity contribution in [3.8, 4) is 11.4 Å². The summed E-state index contributed by atoms with van der Waals surface area (Å²) in [5.74, 6) is 1.01. The first kappa shape index (κ1) is 12.2. The third kappa shape index (κ3) is 2.33. The monoisotopic (exact) mass is 268 g/mol. The zero-order valence-corrected chi connectivity index (χ0v) is 10.8. The second-order valence-corrected chi connectivity index (χ2v) is 4.33. The van der Waals surface area contributed by atoms with Crippen molar-refractivity contribution in [2.24, 2.45) is 7.05 Å². The molecule has 0 radical (unpaired) electrons. The fourth-order valence-corrected chi connectivity index (χ4v) is 1.93. The average Bonchev–Trinajstić information content (AvgIpc) is 3.08. The molecule has 2 aromatic heterocycles. The predicted molar refractivity (Wildman–Crippen MR) is 71.0 cm³/mol. The van der Waals surface area contributed by atoms with Gasteiger partial charge in [0.1, 0.15) is 0 Å². The number of carbonyl (C=O) groups is 1. The van der Waals surface area contributed by atoms with Gasteiger partial charge in [0.15, 0.2) is 12.1 Å². The molecule has 0 fully saturated rings. The molecule has 7 nitrogen and oxygen atoms in total. The Bertz CT molecular complexity index is 727. The van der Waals surface area contributed by atoms with E-state index in [2.05, 4.69) is 20.4 Å². The second-order valence-electron chi connectivity index (χ2n) is 4.33. The van der Waals surface area contributed by atoms with Crippen molar-refractivity contribution in [3.05, 3.63) is 48.0 Å². The maximum atomic E-state index is 10.8. The zero-order chi connectivity index (χ0) is 13.9. The minimum absolute atomic E-state index is 0.421. The molecule has 3 rings (SSSR count). The van der Waals surface area contributed by atoms with E-state index in [-0.39, 0.29) is 0 Å². The number of imidazole rings is 1. The molecule has 0 atom stereocenters. The van der Waals surface area contributed by atoms with Crippen LogP contribution in [0, 0.1) is 0 Å². The zero-order valence-electron chi connectivity index (χ0n) is 10.8. The van der Waals surface area contributed by atoms with E-state index in [1.54, 1.807) is 24.0 Å². The summed E-state index contributed by atoms with van der Waals surface area (Å²) >= 11 is 0. The van der Waals surface area contributed by atoms with Crippen molar-refractivity contribution in [2.45, 2.75) is 6.54 Å². The van der Waals surface area contributed by atoms with E-state index in [0.29, 0.717) is 18.2 Å². The number of hydrogen-bond acceptors (Lipinski definition) is 5. The van der Waals surface area contributed by atoms with Gasteiger partial charge in [-0.1, -0.05) is 24.3 Å². The van der Waals surface area contributed by atoms with Crippen molar-refractivity contribution < 1.29 is 4.79 Å². The van der Waals surface area contributed by atoms with Gasteiger partial charge in [0, 0.05) is 24.5 Å². The van der Waals surface area contributed by atoms with Gasteiger partial charge in [-0.15, -0.1) is 10.2 Å². The number of carbonyl (C=O) groups excluding carboxylic acids is 1. The lowest BCUT2D eigenvalue weighted by molar-refractivity contribution is 0.111. The number of benzene rings is 1. The SMILES string of the molecule is Cn1nnc(-c2ccc(Cn3ccnc3C=O)cc2)n1. The Morgan fingerprint density at radius 1 is 1.25 bits per heavy atom. The molecule has 0 amide bonds. The molecule has 20 heavy (non-hydrogen) atoms. The van der Waals surface area contributed by atoms with E-state index in [9.17, 15) is 4.79 Å². The lowest BCUT2D eigenvalue weighted by Gasteiger charge is -2.05. The molecule has 0 bridgehead atoms. The fraction of sp³-hybridized carbons (Fsp3) is 0.154. The Kier molecular flexibility index (Phi) is 3.08. The van der Waals surface area contributed by atoms with E-state index in [1.807, 2.05) is 24.3 Å². The van der Waals surface area contributed by atoms with Crippen LogP contribution in [-0.2, 0) is 13.6 Å². The highest BCUT2D eigenvalue weighted by Gasteiger charge is 2.05. The summed E-state index contributed by atoms with van der Waals surface area (Å²) in [7, 11) is 1.73. The van der Waals surface area contributed by atoms with Crippen LogP contribution in [0.1, 0.15) is 16.2 Å². The summed E-state index contributed by atoms with van der Waals surface area (Å²) in [6, 6.07) is 7.81. The van der Waals surface area contributed by atoms with E-state index in [4.69, 9.17) is 0 Å². The number of aldehydes is 1. The number of hydrogen-bond donors (Lipinski definition) is 0. The van der Waals surface area contributed by atoms with Crippen LogP contribution in [0.4, 0.5) is 0 Å². The number of aromatic nitrogens is 6. The summed E-state index contributed by atoms with van der Waals surface area (Å²) in [6.07, 6.45) is 4.14. The highest BCUT2D eigenvalue weighted by Crippen LogP contribution is 2.15. The molecule has 0 aliphatic rings. The number of nitrogens with zero attached hydrogens (tertiary/aromatic N) is 6. The predicted octanol–water partition coefficient (Wildman–Crippen LogP) is 0.934. The topological polar surface area (TPSA) is 78.5 Å². The summed E-state index contributed by atoms with van der Waals surface area (Å²) in [4.78, 5) is 16.2. The van der Waals surface area contributed by atoms with Crippen LogP contribution in [-0.4, -0.2) is 36.0 Å². The Labute approximate surface area is 114 Å². The fourth-order valence-electron chi connectivity index (χ4n) is 1.93. The normalized spacial score (nSPS) is 10.7. The lowest BCUT2D eigenvalue weighted by atomic mass is 10.1. The highest BCUT2D eigenvalue weighted by atomic mass is 16.1. The van der Waals surface area contributed by atoms with Crippen LogP contribution in [0.15, 0.2) is 36.7 Å². The first-order valence-corrected chi connectivity index (χ1v) is 6.06. The van der Waals surface area contributed by atoms with Gasteiger partial charge in [-0.2, -0.15) is 4.80 Å². The van der Waals surface area contributed by atoms with Crippen LogP contribution < -0.4 is 0 Å². The van der Waals surface area contributed by atoms with Crippen molar-refractivity contribution >= 4 is 6.29 Å². The Morgan fingerprint density at radius 3 is 2.70 bits per heavy atom. The molecule has 0 saturated heterocycles.